The number of likely N-dealkylation sites (tertiary alicyclic amines) is 1. The van der Waals surface area contributed by atoms with Gasteiger partial charge in [-0.2, -0.15) is 0 Å². The molecule has 1 fully saturated rings. The van der Waals surface area contributed by atoms with Crippen LogP contribution in [0.5, 0.6) is 5.75 Å². The van der Waals surface area contributed by atoms with Crippen molar-refractivity contribution < 1.29 is 9.53 Å². The Morgan fingerprint density at radius 1 is 1.19 bits per heavy atom. The zero-order valence-electron chi connectivity index (χ0n) is 12.9. The van der Waals surface area contributed by atoms with Gasteiger partial charge in [-0.15, -0.1) is 0 Å². The third-order valence-corrected chi connectivity index (χ3v) is 3.99. The quantitative estimate of drug-likeness (QED) is 0.783. The highest BCUT2D eigenvalue weighted by atomic mass is 16.5. The summed E-state index contributed by atoms with van der Waals surface area (Å²) in [5.74, 6) is 1.23. The molecule has 1 N–H and O–H groups in total. The normalized spacial score (nSPS) is 15.0. The number of hydrogen-bond acceptors (Lipinski definition) is 3. The van der Waals surface area contributed by atoms with E-state index in [0.717, 1.165) is 51.2 Å². The fraction of sp³-hybridized carbons (Fsp3) is 0.588. The first kappa shape index (κ1) is 15.8. The lowest BCUT2D eigenvalue weighted by Crippen LogP contribution is -2.37. The molecule has 1 amide bonds. The predicted octanol–water partition coefficient (Wildman–Crippen LogP) is 2.23. The largest absolute Gasteiger partial charge is 0.496 e. The fourth-order valence-electron chi connectivity index (χ4n) is 2.75. The van der Waals surface area contributed by atoms with Crippen molar-refractivity contribution in [3.63, 3.8) is 0 Å². The van der Waals surface area contributed by atoms with E-state index in [1.54, 1.807) is 7.11 Å². The Balaban J connectivity index is 1.62. The maximum absolute atomic E-state index is 12.0. The average Bonchev–Trinajstić information content (AvgIpc) is 2.55. The molecule has 2 rings (SSSR count). The van der Waals surface area contributed by atoms with E-state index in [1.807, 2.05) is 23.1 Å². The van der Waals surface area contributed by atoms with Crippen molar-refractivity contribution in [1.82, 2.24) is 10.2 Å². The minimum Gasteiger partial charge on any atom is -0.496 e. The second-order valence-electron chi connectivity index (χ2n) is 5.50. The maximum atomic E-state index is 12.0. The minimum absolute atomic E-state index is 0.291. The van der Waals surface area contributed by atoms with Crippen molar-refractivity contribution in [2.24, 2.45) is 0 Å². The van der Waals surface area contributed by atoms with Crippen LogP contribution in [0.15, 0.2) is 24.3 Å². The van der Waals surface area contributed by atoms with E-state index < -0.39 is 0 Å². The molecule has 0 aromatic heterocycles. The summed E-state index contributed by atoms with van der Waals surface area (Å²) in [5.41, 5.74) is 1.20. The highest BCUT2D eigenvalue weighted by molar-refractivity contribution is 5.76. The van der Waals surface area contributed by atoms with Crippen LogP contribution in [0.25, 0.3) is 0 Å². The first-order valence-electron chi connectivity index (χ1n) is 7.91. The Bertz CT molecular complexity index is 442. The van der Waals surface area contributed by atoms with Gasteiger partial charge in [0.1, 0.15) is 5.75 Å². The van der Waals surface area contributed by atoms with Crippen LogP contribution >= 0.6 is 0 Å². The second-order valence-corrected chi connectivity index (χ2v) is 5.50. The summed E-state index contributed by atoms with van der Waals surface area (Å²) in [6.07, 6.45) is 5.11. The van der Waals surface area contributed by atoms with Crippen molar-refractivity contribution in [3.8, 4) is 5.75 Å². The minimum atomic E-state index is 0.291. The summed E-state index contributed by atoms with van der Waals surface area (Å²) in [4.78, 5) is 14.0. The van der Waals surface area contributed by atoms with E-state index in [2.05, 4.69) is 11.4 Å². The number of nitrogens with one attached hydrogen (secondary N) is 1. The van der Waals surface area contributed by atoms with Crippen LogP contribution in [-0.2, 0) is 11.2 Å². The van der Waals surface area contributed by atoms with E-state index >= 15 is 0 Å². The van der Waals surface area contributed by atoms with Crippen LogP contribution in [0.1, 0.15) is 31.2 Å². The molecule has 116 valence electrons. The Morgan fingerprint density at radius 2 is 1.95 bits per heavy atom. The number of amides is 1. The van der Waals surface area contributed by atoms with Crippen LogP contribution < -0.4 is 10.1 Å². The van der Waals surface area contributed by atoms with E-state index in [0.29, 0.717) is 12.3 Å². The van der Waals surface area contributed by atoms with Crippen LogP contribution in [0.2, 0.25) is 0 Å². The van der Waals surface area contributed by atoms with Gasteiger partial charge in [-0.3, -0.25) is 4.79 Å². The molecule has 1 aromatic carbocycles. The van der Waals surface area contributed by atoms with Gasteiger partial charge in [0.05, 0.1) is 7.11 Å². The van der Waals surface area contributed by atoms with Crippen molar-refractivity contribution in [3.05, 3.63) is 29.8 Å². The Labute approximate surface area is 127 Å². The number of methoxy groups -OCH3 is 1. The molecule has 0 aliphatic carbocycles. The molecular weight excluding hydrogens is 264 g/mol. The summed E-state index contributed by atoms with van der Waals surface area (Å²) < 4.78 is 5.33. The summed E-state index contributed by atoms with van der Waals surface area (Å²) in [6, 6.07) is 8.07. The van der Waals surface area contributed by atoms with Gasteiger partial charge < -0.3 is 15.0 Å². The lowest BCUT2D eigenvalue weighted by atomic mass is 10.1. The molecule has 21 heavy (non-hydrogen) atoms. The molecule has 1 aliphatic heterocycles. The molecule has 0 bridgehead atoms. The van der Waals surface area contributed by atoms with Gasteiger partial charge in [0, 0.05) is 26.1 Å². The molecule has 4 nitrogen and oxygen atoms in total. The summed E-state index contributed by atoms with van der Waals surface area (Å²) in [5, 5.41) is 3.35. The zero-order valence-corrected chi connectivity index (χ0v) is 12.9. The van der Waals surface area contributed by atoms with Gasteiger partial charge in [-0.25, -0.2) is 0 Å². The molecule has 4 heteroatoms. The summed E-state index contributed by atoms with van der Waals surface area (Å²) >= 11 is 0. The number of nitrogens with zero attached hydrogens (tertiary/aromatic N) is 1. The molecule has 0 atom stereocenters. The van der Waals surface area contributed by atoms with Gasteiger partial charge in [-0.05, 0) is 43.9 Å². The van der Waals surface area contributed by atoms with Crippen molar-refractivity contribution >= 4 is 5.91 Å². The molecule has 1 aliphatic rings. The average molecular weight is 290 g/mol. The van der Waals surface area contributed by atoms with Gasteiger partial charge in [0.15, 0.2) is 0 Å². The Hall–Kier alpha value is -1.55. The van der Waals surface area contributed by atoms with Crippen molar-refractivity contribution in [2.45, 2.75) is 32.1 Å². The maximum Gasteiger partial charge on any atom is 0.223 e. The van der Waals surface area contributed by atoms with E-state index in [4.69, 9.17) is 4.74 Å². The van der Waals surface area contributed by atoms with Gasteiger partial charge >= 0.3 is 0 Å². The molecule has 1 aromatic rings. The zero-order chi connectivity index (χ0) is 14.9. The summed E-state index contributed by atoms with van der Waals surface area (Å²) in [7, 11) is 1.70. The number of ether oxygens (including phenoxy) is 1. The highest BCUT2D eigenvalue weighted by Gasteiger charge is 2.15. The lowest BCUT2D eigenvalue weighted by molar-refractivity contribution is -0.131. The van der Waals surface area contributed by atoms with Crippen LogP contribution in [0.4, 0.5) is 0 Å². The molecule has 0 saturated carbocycles. The van der Waals surface area contributed by atoms with Crippen LogP contribution in [-0.4, -0.2) is 44.1 Å². The van der Waals surface area contributed by atoms with E-state index in [1.165, 1.54) is 12.0 Å². The third kappa shape index (κ3) is 5.05. The SMILES string of the molecule is COc1ccccc1CCNCCC(=O)N1CCCCC1. The topological polar surface area (TPSA) is 41.6 Å². The van der Waals surface area contributed by atoms with Crippen molar-refractivity contribution in [2.75, 3.05) is 33.3 Å². The molecule has 0 unspecified atom stereocenters. The predicted molar refractivity (Wildman–Crippen MR) is 84.6 cm³/mol. The van der Waals surface area contributed by atoms with E-state index in [9.17, 15) is 4.79 Å². The highest BCUT2D eigenvalue weighted by Crippen LogP contribution is 2.17. The number of para-hydroxylation sites is 1. The van der Waals surface area contributed by atoms with Crippen LogP contribution in [0, 0.1) is 0 Å². The third-order valence-electron chi connectivity index (χ3n) is 3.99. The Kier molecular flexibility index (Phi) is 6.54. The Morgan fingerprint density at radius 3 is 2.71 bits per heavy atom. The molecule has 1 saturated heterocycles. The number of hydrogen-bond donors (Lipinski definition) is 1. The molecule has 0 radical (unpaired) electrons. The standard InChI is InChI=1S/C17H26N2O2/c1-21-16-8-4-3-7-15(16)9-11-18-12-10-17(20)19-13-5-2-6-14-19/h3-4,7-8,18H,2,5-6,9-14H2,1H3. The molecule has 0 spiro atoms. The van der Waals surface area contributed by atoms with Gasteiger partial charge in [0.2, 0.25) is 5.91 Å². The lowest BCUT2D eigenvalue weighted by Gasteiger charge is -2.26. The monoisotopic (exact) mass is 290 g/mol. The molecular formula is C17H26N2O2. The summed E-state index contributed by atoms with van der Waals surface area (Å²) in [6.45, 7) is 3.51. The number of rotatable bonds is 7. The van der Waals surface area contributed by atoms with E-state index in [-0.39, 0.29) is 0 Å². The van der Waals surface area contributed by atoms with Gasteiger partial charge in [0.25, 0.3) is 0 Å². The number of carbonyl (C=O) groups excluding carboxylic acids is 1. The van der Waals surface area contributed by atoms with Crippen LogP contribution in [0.3, 0.4) is 0 Å². The number of piperidine rings is 1. The van der Waals surface area contributed by atoms with Gasteiger partial charge in [-0.1, -0.05) is 18.2 Å². The first-order chi connectivity index (χ1) is 10.3. The molecule has 1 heterocycles. The number of benzene rings is 1. The smallest absolute Gasteiger partial charge is 0.223 e. The number of carbonyl (C=O) groups is 1. The first-order valence-corrected chi connectivity index (χ1v) is 7.91. The second kappa shape index (κ2) is 8.67. The fourth-order valence-corrected chi connectivity index (χ4v) is 2.75. The van der Waals surface area contributed by atoms with Crippen molar-refractivity contribution in [1.29, 1.82) is 0 Å².